The van der Waals surface area contributed by atoms with Gasteiger partial charge < -0.3 is 63.0 Å². The van der Waals surface area contributed by atoms with Crippen LogP contribution in [0.1, 0.15) is 118 Å². The van der Waals surface area contributed by atoms with E-state index in [0.717, 1.165) is 101 Å². The number of sulfonamides is 4. The molecule has 32 nitrogen and oxygen atoms in total. The van der Waals surface area contributed by atoms with E-state index in [9.17, 15) is 92.5 Å². The molecular formula is C72H86Cl4N12O20S4. The molecule has 0 amide bonds. The molecule has 5 aliphatic rings. The van der Waals surface area contributed by atoms with Gasteiger partial charge in [-0.3, -0.25) is 38.4 Å². The lowest BCUT2D eigenvalue weighted by molar-refractivity contribution is 0.306. The molecule has 0 aliphatic heterocycles. The lowest BCUT2D eigenvalue weighted by atomic mass is 9.78. The zero-order valence-electron chi connectivity index (χ0n) is 63.1. The summed E-state index contributed by atoms with van der Waals surface area (Å²) >= 11 is 24.0. The second-order valence-corrected chi connectivity index (χ2v) is 40.6. The molecule has 0 radical (unpaired) electrons. The summed E-state index contributed by atoms with van der Waals surface area (Å²) in [5, 5.41) is 64.9. The number of hydrogen-bond acceptors (Lipinski definition) is 28. The minimum absolute atomic E-state index is 0.000974. The van der Waals surface area contributed by atoms with Gasteiger partial charge in [0.05, 0.1) is 42.8 Å². The molecule has 12 N–H and O–H groups in total. The van der Waals surface area contributed by atoms with E-state index in [2.05, 4.69) is 63.3 Å². The summed E-state index contributed by atoms with van der Waals surface area (Å²) in [6.45, 7) is 10.2. The predicted molar refractivity (Wildman–Crippen MR) is 434 cm³/mol. The van der Waals surface area contributed by atoms with Crippen molar-refractivity contribution in [2.24, 2.45) is 11.3 Å². The third-order valence-electron chi connectivity index (χ3n) is 20.9. The van der Waals surface area contributed by atoms with E-state index < -0.39 is 126 Å². The molecule has 0 spiro atoms. The first-order valence-corrected chi connectivity index (χ1v) is 42.4. The molecule has 0 aromatic heterocycles. The highest BCUT2D eigenvalue weighted by Gasteiger charge is 2.56. The van der Waals surface area contributed by atoms with Crippen LogP contribution in [0.2, 0.25) is 20.1 Å². The van der Waals surface area contributed by atoms with Crippen LogP contribution < -0.4 is 86.0 Å². The van der Waals surface area contributed by atoms with Crippen LogP contribution in [0.3, 0.4) is 0 Å². The van der Waals surface area contributed by atoms with Crippen molar-refractivity contribution in [2.45, 2.75) is 160 Å². The molecule has 0 unspecified atom stereocenters. The third-order valence-corrected chi connectivity index (χ3v) is 30.2. The Hall–Kier alpha value is -8.40. The van der Waals surface area contributed by atoms with Crippen molar-refractivity contribution in [3.63, 3.8) is 0 Å². The smallest absolute Gasteiger partial charge is 0.253 e. The van der Waals surface area contributed by atoms with Gasteiger partial charge in [0, 0.05) is 78.5 Å². The maximum Gasteiger partial charge on any atom is 0.253 e. The Labute approximate surface area is 665 Å². The third kappa shape index (κ3) is 16.1. The van der Waals surface area contributed by atoms with E-state index in [1.807, 2.05) is 13.8 Å². The van der Waals surface area contributed by atoms with Crippen LogP contribution >= 0.6 is 46.4 Å². The van der Waals surface area contributed by atoms with E-state index in [-0.39, 0.29) is 116 Å². The van der Waals surface area contributed by atoms with Gasteiger partial charge in [-0.1, -0.05) is 80.5 Å². The predicted octanol–water partition coefficient (Wildman–Crippen LogP) is 8.99. The molecule has 8 aromatic rings. The Morgan fingerprint density at radius 2 is 0.661 bits per heavy atom. The van der Waals surface area contributed by atoms with Crippen molar-refractivity contribution < 1.29 is 54.1 Å². The van der Waals surface area contributed by atoms with Crippen LogP contribution in [-0.4, -0.2) is 150 Å². The largest absolute Gasteiger partial charge is 0.504 e. The quantitative estimate of drug-likeness (QED) is 0.0169. The maximum atomic E-state index is 12.5. The summed E-state index contributed by atoms with van der Waals surface area (Å²) in [4.78, 5) is 94.6. The monoisotopic (exact) mass is 1710 g/mol. The molecule has 606 valence electrons. The summed E-state index contributed by atoms with van der Waals surface area (Å²) in [5.74, 6) is -1.95. The van der Waals surface area contributed by atoms with Gasteiger partial charge >= 0.3 is 0 Å². The number of phenols is 4. The second kappa shape index (κ2) is 30.7. The number of hydrogen-bond donors (Lipinski definition) is 12. The van der Waals surface area contributed by atoms with Crippen LogP contribution in [-0.2, 0) is 40.1 Å². The topological polar surface area (TPSA) is 463 Å². The van der Waals surface area contributed by atoms with Crippen LogP contribution in [0.25, 0.3) is 0 Å². The Morgan fingerprint density at radius 1 is 0.393 bits per heavy atom. The zero-order chi connectivity index (χ0) is 83.4. The van der Waals surface area contributed by atoms with Crippen LogP contribution in [0.15, 0.2) is 106 Å². The Kier molecular flexibility index (Phi) is 23.6. The number of rotatable bonds is 27. The first-order valence-electron chi connectivity index (χ1n) is 35.1. The fourth-order valence-electron chi connectivity index (χ4n) is 12.9. The van der Waals surface area contributed by atoms with Crippen LogP contribution in [0.4, 0.5) is 68.2 Å². The van der Waals surface area contributed by atoms with Crippen LogP contribution in [0, 0.1) is 11.3 Å². The summed E-state index contributed by atoms with van der Waals surface area (Å²) < 4.78 is 103. The number of aromatic hydroxyl groups is 4. The van der Waals surface area contributed by atoms with Crippen molar-refractivity contribution in [1.29, 1.82) is 0 Å². The normalized spacial score (nSPS) is 16.7. The number of nitrogens with zero attached hydrogens (tertiary/aromatic N) is 4. The Morgan fingerprint density at radius 3 is 0.884 bits per heavy atom. The highest BCUT2D eigenvalue weighted by Crippen LogP contribution is 2.57. The van der Waals surface area contributed by atoms with E-state index in [0.29, 0.717) is 5.92 Å². The van der Waals surface area contributed by atoms with E-state index in [1.165, 1.54) is 105 Å². The number of phenolic OH excluding ortho intramolecular Hbond substituents is 4. The molecule has 0 bridgehead atoms. The zero-order valence-corrected chi connectivity index (χ0v) is 69.4. The van der Waals surface area contributed by atoms with Gasteiger partial charge in [-0.25, -0.2) is 50.9 Å². The molecule has 40 heteroatoms. The molecule has 5 saturated carbocycles. The summed E-state index contributed by atoms with van der Waals surface area (Å²) in [7, 11) is -5.59. The molecular weight excluding hydrogens is 1620 g/mol. The molecule has 13 rings (SSSR count). The number of halogens is 4. The maximum absolute atomic E-state index is 12.5. The molecule has 8 aromatic carbocycles. The van der Waals surface area contributed by atoms with Gasteiger partial charge in [0.15, 0.2) is 23.0 Å². The van der Waals surface area contributed by atoms with Crippen molar-refractivity contribution in [3.8, 4) is 23.0 Å². The van der Waals surface area contributed by atoms with Gasteiger partial charge in [-0.05, 0) is 144 Å². The molecule has 5 fully saturated rings. The van der Waals surface area contributed by atoms with E-state index in [4.69, 9.17) is 46.4 Å². The summed E-state index contributed by atoms with van der Waals surface area (Å²) in [6, 6.07) is 10.6. The molecule has 0 saturated heterocycles. The van der Waals surface area contributed by atoms with Gasteiger partial charge in [-0.2, -0.15) is 0 Å². The van der Waals surface area contributed by atoms with E-state index >= 15 is 0 Å². The summed E-state index contributed by atoms with van der Waals surface area (Å²) in [6.07, 6.45) is 12.3. The average molecular weight is 1710 g/mol. The number of anilines is 12. The molecule has 112 heavy (non-hydrogen) atoms. The van der Waals surface area contributed by atoms with Gasteiger partial charge in [0.25, 0.3) is 43.4 Å². The van der Waals surface area contributed by atoms with Gasteiger partial charge in [0.1, 0.15) is 65.1 Å². The Balaban J connectivity index is 0.000000158. The number of nitrogens with one attached hydrogen (secondary N) is 8. The van der Waals surface area contributed by atoms with Crippen molar-refractivity contribution in [1.82, 2.24) is 17.2 Å². The lowest BCUT2D eigenvalue weighted by Gasteiger charge is -2.40. The van der Waals surface area contributed by atoms with Gasteiger partial charge in [-0.15, -0.1) is 0 Å². The number of benzene rings is 4. The second-order valence-electron chi connectivity index (χ2n) is 30.6. The highest BCUT2D eigenvalue weighted by atomic mass is 35.5. The SMILES string of the molecule is CCCC1(Nc2c(Nc3ccc(Cl)c(S(=O)(=O)N(C)C)c3O)c(=O)c2=O)CC1.CN(C)S(=O)(=O)c1c(Cl)ccc(Nc2c(NC3(C(C)(C)C)CC3)c(=O)c2=O)c1O.CN(C)S(=O)(=O)c1c(Cl)ccc(Nc2c(NC3(C)CCC3)c(=O)c2=O)c1O.CN(C)S(=O)(=O)c1c(Cl)ccc(Nc2c(NC3(C4CC4)CC3)c(=O)c2=O)c1O. The van der Waals surface area contributed by atoms with Crippen LogP contribution in [0.5, 0.6) is 23.0 Å². The highest BCUT2D eigenvalue weighted by molar-refractivity contribution is 7.90. The van der Waals surface area contributed by atoms with Gasteiger partial charge in [0.2, 0.25) is 40.1 Å². The molecule has 5 aliphatic carbocycles. The first kappa shape index (κ1) is 86.0. The standard InChI is InChI=1S/C19H24ClN3O5S.C18H20ClN3O5S.C18H22ClN3O5S.C17H20ClN3O5S/c1-18(2,3)19(8-9-19)22-13-12(15(25)16(13)26)21-11-7-6-10(20)17(14(11)24)29(27,28)23(4)5;1-22(2)28(26,27)17-10(19)5-6-11(14(17)23)20-12-13(16(25)15(12)24)21-18(7-8-18)9-3-4-9;1-4-7-18(8-9-18)21-13-12(15(24)16(13)25)20-11-6-5-10(19)17(14(11)23)28(26,27)22(2)3;1-17(7-4-8-17)20-12-11(14(23)15(12)24)19-10-6-5-9(18)16(13(10)22)27(25,26)21(2)3/h6-7,21-22,24H,8-9H2,1-5H3;5-6,9,20-21,23H,3-4,7-8H2,1-2H3;5-6,20-21,23H,4,7-9H2,1-3H3;5-6,19-20,22H,4,7-8H2,1-3H3. The fourth-order valence-corrected chi connectivity index (χ4v) is 18.8. The van der Waals surface area contributed by atoms with Crippen molar-refractivity contribution >= 4 is 155 Å². The fraction of sp³-hybridized carbons (Fsp3) is 0.444. The molecule has 0 heterocycles. The summed E-state index contributed by atoms with van der Waals surface area (Å²) in [5.41, 5.74) is -5.77. The lowest BCUT2D eigenvalue weighted by Crippen LogP contribution is -2.47. The molecule has 0 atom stereocenters. The van der Waals surface area contributed by atoms with Crippen molar-refractivity contribution in [2.75, 3.05) is 98.9 Å². The minimum Gasteiger partial charge on any atom is -0.504 e. The Bertz CT molecular complexity index is 5920. The minimum atomic E-state index is -4.03. The first-order chi connectivity index (χ1) is 51.8. The average Bonchev–Trinajstić information content (AvgIpc) is 1.34. The van der Waals surface area contributed by atoms with Crippen molar-refractivity contribution in [3.05, 3.63) is 150 Å². The van der Waals surface area contributed by atoms with E-state index in [1.54, 1.807) is 0 Å².